The van der Waals surface area contributed by atoms with Crippen LogP contribution in [0.25, 0.3) is 0 Å². The van der Waals surface area contributed by atoms with E-state index in [1.165, 1.54) is 6.42 Å². The highest BCUT2D eigenvalue weighted by atomic mass is 32.2. The molecule has 0 saturated heterocycles. The van der Waals surface area contributed by atoms with Crippen LogP contribution in [0.3, 0.4) is 0 Å². The minimum atomic E-state index is 0.109. The maximum absolute atomic E-state index is 11.1. The lowest BCUT2D eigenvalue weighted by Crippen LogP contribution is -2.28. The van der Waals surface area contributed by atoms with Gasteiger partial charge in [-0.15, -0.1) is 0 Å². The van der Waals surface area contributed by atoms with Crippen LogP contribution in [0.2, 0.25) is 0 Å². The van der Waals surface area contributed by atoms with E-state index in [4.69, 9.17) is 0 Å². The van der Waals surface area contributed by atoms with Gasteiger partial charge in [0.2, 0.25) is 5.91 Å². The first kappa shape index (κ1) is 12.8. The monoisotopic (exact) mass is 203 g/mol. The van der Waals surface area contributed by atoms with Crippen LogP contribution in [0, 0.1) is 5.92 Å². The topological polar surface area (TPSA) is 29.1 Å². The molecule has 0 aliphatic heterocycles. The van der Waals surface area contributed by atoms with E-state index in [0.29, 0.717) is 5.25 Å². The lowest BCUT2D eigenvalue weighted by molar-refractivity contribution is -0.123. The van der Waals surface area contributed by atoms with Gasteiger partial charge in [0.15, 0.2) is 0 Å². The molecule has 1 atom stereocenters. The highest BCUT2D eigenvalue weighted by molar-refractivity contribution is 7.99. The summed E-state index contributed by atoms with van der Waals surface area (Å²) < 4.78 is 0. The molecular weight excluding hydrogens is 182 g/mol. The Hall–Kier alpha value is -0.180. The van der Waals surface area contributed by atoms with Crippen molar-refractivity contribution in [1.82, 2.24) is 5.32 Å². The first-order valence-corrected chi connectivity index (χ1v) is 6.17. The SMILES string of the molecule is CSC(C)CCCNC(=O)C(C)C. The van der Waals surface area contributed by atoms with Gasteiger partial charge in [0.25, 0.3) is 0 Å². The third-order valence-electron chi connectivity index (χ3n) is 2.01. The lowest BCUT2D eigenvalue weighted by Gasteiger charge is -2.09. The van der Waals surface area contributed by atoms with Gasteiger partial charge in [-0.1, -0.05) is 20.8 Å². The Balaban J connectivity index is 3.31. The number of amides is 1. The molecule has 78 valence electrons. The van der Waals surface area contributed by atoms with Crippen molar-refractivity contribution in [2.75, 3.05) is 12.8 Å². The molecule has 13 heavy (non-hydrogen) atoms. The van der Waals surface area contributed by atoms with Crippen molar-refractivity contribution in [2.45, 2.75) is 38.9 Å². The molecule has 0 fully saturated rings. The van der Waals surface area contributed by atoms with Crippen molar-refractivity contribution in [2.24, 2.45) is 5.92 Å². The van der Waals surface area contributed by atoms with Crippen LogP contribution in [-0.2, 0) is 4.79 Å². The fraction of sp³-hybridized carbons (Fsp3) is 0.900. The average molecular weight is 203 g/mol. The standard InChI is InChI=1S/C10H21NOS/c1-8(2)10(12)11-7-5-6-9(3)13-4/h8-9H,5-7H2,1-4H3,(H,11,12). The van der Waals surface area contributed by atoms with Crippen molar-refractivity contribution in [1.29, 1.82) is 0 Å². The Morgan fingerprint density at radius 1 is 1.38 bits per heavy atom. The van der Waals surface area contributed by atoms with Crippen molar-refractivity contribution < 1.29 is 4.79 Å². The van der Waals surface area contributed by atoms with Gasteiger partial charge in [-0.25, -0.2) is 0 Å². The van der Waals surface area contributed by atoms with E-state index < -0.39 is 0 Å². The van der Waals surface area contributed by atoms with E-state index in [9.17, 15) is 4.79 Å². The van der Waals surface area contributed by atoms with Gasteiger partial charge in [0.1, 0.15) is 0 Å². The summed E-state index contributed by atoms with van der Waals surface area (Å²) in [6.45, 7) is 6.87. The summed E-state index contributed by atoms with van der Waals surface area (Å²) in [5, 5.41) is 3.62. The van der Waals surface area contributed by atoms with Crippen LogP contribution in [0.1, 0.15) is 33.6 Å². The minimum Gasteiger partial charge on any atom is -0.356 e. The number of hydrogen-bond acceptors (Lipinski definition) is 2. The molecule has 0 aromatic carbocycles. The molecule has 0 radical (unpaired) electrons. The maximum Gasteiger partial charge on any atom is 0.222 e. The third kappa shape index (κ3) is 6.94. The predicted octanol–water partition coefficient (Wildman–Crippen LogP) is 2.29. The molecule has 0 aliphatic carbocycles. The fourth-order valence-corrected chi connectivity index (χ4v) is 1.33. The van der Waals surface area contributed by atoms with Gasteiger partial charge in [-0.2, -0.15) is 11.8 Å². The van der Waals surface area contributed by atoms with Gasteiger partial charge in [-0.05, 0) is 19.1 Å². The number of thioether (sulfide) groups is 1. The normalized spacial score (nSPS) is 13.0. The smallest absolute Gasteiger partial charge is 0.222 e. The van der Waals surface area contributed by atoms with Crippen molar-refractivity contribution in [3.63, 3.8) is 0 Å². The molecule has 0 aliphatic rings. The minimum absolute atomic E-state index is 0.109. The highest BCUT2D eigenvalue weighted by Crippen LogP contribution is 2.10. The van der Waals surface area contributed by atoms with Crippen molar-refractivity contribution >= 4 is 17.7 Å². The maximum atomic E-state index is 11.1. The molecule has 1 amide bonds. The largest absolute Gasteiger partial charge is 0.356 e. The number of nitrogens with one attached hydrogen (secondary N) is 1. The second-order valence-electron chi connectivity index (χ2n) is 3.63. The Labute approximate surface area is 85.9 Å². The molecule has 1 N–H and O–H groups in total. The fourth-order valence-electron chi connectivity index (χ4n) is 0.923. The van der Waals surface area contributed by atoms with E-state index >= 15 is 0 Å². The number of hydrogen-bond donors (Lipinski definition) is 1. The highest BCUT2D eigenvalue weighted by Gasteiger charge is 2.05. The summed E-state index contributed by atoms with van der Waals surface area (Å²) in [7, 11) is 0. The van der Waals surface area contributed by atoms with Crippen LogP contribution in [0.5, 0.6) is 0 Å². The van der Waals surface area contributed by atoms with Crippen molar-refractivity contribution in [3.8, 4) is 0 Å². The molecular formula is C10H21NOS. The molecule has 2 nitrogen and oxygen atoms in total. The van der Waals surface area contributed by atoms with Crippen LogP contribution in [-0.4, -0.2) is 24.0 Å². The molecule has 3 heteroatoms. The van der Waals surface area contributed by atoms with Crippen LogP contribution in [0.15, 0.2) is 0 Å². The lowest BCUT2D eigenvalue weighted by atomic mass is 10.2. The Kier molecular flexibility index (Phi) is 7.14. The van der Waals surface area contributed by atoms with Gasteiger partial charge in [-0.3, -0.25) is 4.79 Å². The third-order valence-corrected chi connectivity index (χ3v) is 3.05. The van der Waals surface area contributed by atoms with Crippen LogP contribution in [0.4, 0.5) is 0 Å². The van der Waals surface area contributed by atoms with Gasteiger partial charge >= 0.3 is 0 Å². The van der Waals surface area contributed by atoms with E-state index in [2.05, 4.69) is 18.5 Å². The second kappa shape index (κ2) is 7.25. The zero-order chi connectivity index (χ0) is 10.3. The summed E-state index contributed by atoms with van der Waals surface area (Å²) in [5.41, 5.74) is 0. The number of rotatable bonds is 6. The zero-order valence-corrected chi connectivity index (χ0v) is 9.91. The molecule has 0 bridgehead atoms. The number of carbonyl (C=O) groups excluding carboxylic acids is 1. The second-order valence-corrected chi connectivity index (χ2v) is 4.91. The van der Waals surface area contributed by atoms with Crippen LogP contribution >= 0.6 is 11.8 Å². The molecule has 0 spiro atoms. The Morgan fingerprint density at radius 2 is 2.00 bits per heavy atom. The summed E-state index contributed by atoms with van der Waals surface area (Å²) in [5.74, 6) is 0.273. The van der Waals surface area contributed by atoms with Gasteiger partial charge in [0, 0.05) is 17.7 Å². The van der Waals surface area contributed by atoms with E-state index in [1.54, 1.807) is 0 Å². The molecule has 0 aromatic heterocycles. The quantitative estimate of drug-likeness (QED) is 0.671. The van der Waals surface area contributed by atoms with Crippen LogP contribution < -0.4 is 5.32 Å². The molecule has 0 heterocycles. The molecule has 1 unspecified atom stereocenters. The van der Waals surface area contributed by atoms with Crippen molar-refractivity contribution in [3.05, 3.63) is 0 Å². The van der Waals surface area contributed by atoms with E-state index in [-0.39, 0.29) is 11.8 Å². The van der Waals surface area contributed by atoms with E-state index in [0.717, 1.165) is 13.0 Å². The first-order valence-electron chi connectivity index (χ1n) is 4.88. The molecule has 0 aromatic rings. The zero-order valence-electron chi connectivity index (χ0n) is 9.09. The first-order chi connectivity index (χ1) is 6.07. The average Bonchev–Trinajstić information content (AvgIpc) is 2.11. The summed E-state index contributed by atoms with van der Waals surface area (Å²) in [6.07, 6.45) is 4.39. The Bertz CT molecular complexity index is 148. The summed E-state index contributed by atoms with van der Waals surface area (Å²) in [6, 6.07) is 0. The molecule has 0 saturated carbocycles. The van der Waals surface area contributed by atoms with Gasteiger partial charge < -0.3 is 5.32 Å². The molecule has 0 rings (SSSR count). The Morgan fingerprint density at radius 3 is 2.46 bits per heavy atom. The number of carbonyl (C=O) groups is 1. The summed E-state index contributed by atoms with van der Waals surface area (Å²) >= 11 is 1.88. The summed E-state index contributed by atoms with van der Waals surface area (Å²) in [4.78, 5) is 11.1. The predicted molar refractivity (Wildman–Crippen MR) is 60.1 cm³/mol. The van der Waals surface area contributed by atoms with Gasteiger partial charge in [0.05, 0.1) is 0 Å². The van der Waals surface area contributed by atoms with E-state index in [1.807, 2.05) is 25.6 Å².